The fourth-order valence-corrected chi connectivity index (χ4v) is 6.77. The van der Waals surface area contributed by atoms with Crippen LogP contribution in [0, 0.1) is 6.92 Å². The van der Waals surface area contributed by atoms with Crippen molar-refractivity contribution in [1.82, 2.24) is 10.2 Å². The van der Waals surface area contributed by atoms with Crippen molar-refractivity contribution in [2.45, 2.75) is 69.5 Å². The maximum absolute atomic E-state index is 14.2. The van der Waals surface area contributed by atoms with Gasteiger partial charge in [-0.1, -0.05) is 78.9 Å². The number of para-hydroxylation sites is 2. The van der Waals surface area contributed by atoms with Crippen molar-refractivity contribution in [3.8, 4) is 5.75 Å². The monoisotopic (exact) mass is 611 g/mol. The predicted octanol–water partition coefficient (Wildman–Crippen LogP) is 5.72. The molecule has 1 aliphatic carbocycles. The first-order valence-electron chi connectivity index (χ1n) is 14.2. The van der Waals surface area contributed by atoms with E-state index in [0.717, 1.165) is 42.0 Å². The predicted molar refractivity (Wildman–Crippen MR) is 165 cm³/mol. The van der Waals surface area contributed by atoms with Crippen LogP contribution >= 0.6 is 11.6 Å². The minimum absolute atomic E-state index is 0.0299. The summed E-state index contributed by atoms with van der Waals surface area (Å²) in [6.45, 7) is 3.00. The Morgan fingerprint density at radius 1 is 0.976 bits per heavy atom. The summed E-state index contributed by atoms with van der Waals surface area (Å²) in [5.41, 5.74) is 1.76. The Balaban J connectivity index is 1.71. The number of benzene rings is 3. The number of sulfonamides is 1. The van der Waals surface area contributed by atoms with E-state index in [0.29, 0.717) is 16.3 Å². The number of rotatable bonds is 11. The molecule has 0 aliphatic heterocycles. The second-order valence-electron chi connectivity index (χ2n) is 10.6. The summed E-state index contributed by atoms with van der Waals surface area (Å²) in [4.78, 5) is 29.0. The van der Waals surface area contributed by atoms with Crippen molar-refractivity contribution in [2.75, 3.05) is 18.0 Å². The van der Waals surface area contributed by atoms with Crippen molar-refractivity contribution in [3.05, 3.63) is 88.9 Å². The average molecular weight is 612 g/mol. The molecule has 42 heavy (non-hydrogen) atoms. The number of methoxy groups -OCH3 is 1. The Labute approximate surface area is 253 Å². The number of nitrogens with zero attached hydrogens (tertiary/aromatic N) is 2. The molecule has 2 amide bonds. The average Bonchev–Trinajstić information content (AvgIpc) is 2.99. The standard InChI is InChI=1S/C32H38ClN3O5S/c1-23-17-19-27(20-18-23)42(39,40)36(29-15-9-10-16-30(29)41-3)22-31(37)35(21-25-11-7-8-14-28(25)33)24(2)32(38)34-26-12-5-4-6-13-26/h7-11,14-20,24,26H,4-6,12-13,21-22H2,1-3H3,(H,34,38)/t24-/m0/s1. The molecule has 3 aromatic carbocycles. The lowest BCUT2D eigenvalue weighted by molar-refractivity contribution is -0.139. The fraction of sp³-hybridized carbons (Fsp3) is 0.375. The largest absolute Gasteiger partial charge is 0.495 e. The molecule has 1 N–H and O–H groups in total. The van der Waals surface area contributed by atoms with Gasteiger partial charge in [-0.15, -0.1) is 0 Å². The highest BCUT2D eigenvalue weighted by Crippen LogP contribution is 2.33. The SMILES string of the molecule is COc1ccccc1N(CC(=O)N(Cc1ccccc1Cl)[C@@H](C)C(=O)NC1CCCCC1)S(=O)(=O)c1ccc(C)cc1. The molecular weight excluding hydrogens is 574 g/mol. The first kappa shape index (κ1) is 31.4. The minimum atomic E-state index is -4.20. The van der Waals surface area contributed by atoms with Crippen molar-refractivity contribution < 1.29 is 22.7 Å². The van der Waals surface area contributed by atoms with Gasteiger partial charge in [-0.25, -0.2) is 8.42 Å². The topological polar surface area (TPSA) is 96.0 Å². The second-order valence-corrected chi connectivity index (χ2v) is 12.9. The molecule has 1 saturated carbocycles. The van der Waals surface area contributed by atoms with Gasteiger partial charge in [0.1, 0.15) is 18.3 Å². The Kier molecular flexibility index (Phi) is 10.5. The van der Waals surface area contributed by atoms with Gasteiger partial charge in [-0.3, -0.25) is 13.9 Å². The van der Waals surface area contributed by atoms with E-state index in [2.05, 4.69) is 5.32 Å². The zero-order valence-corrected chi connectivity index (χ0v) is 25.8. The van der Waals surface area contributed by atoms with Gasteiger partial charge >= 0.3 is 0 Å². The number of anilines is 1. The number of halogens is 1. The summed E-state index contributed by atoms with van der Waals surface area (Å²) < 4.78 is 34.6. The summed E-state index contributed by atoms with van der Waals surface area (Å²) in [5.74, 6) is -0.544. The number of aryl methyl sites for hydroxylation is 1. The molecule has 4 rings (SSSR count). The van der Waals surface area contributed by atoms with Crippen LogP contribution in [0.2, 0.25) is 5.02 Å². The number of carbonyl (C=O) groups is 2. The van der Waals surface area contributed by atoms with E-state index in [1.165, 1.54) is 24.1 Å². The molecule has 0 bridgehead atoms. The molecule has 0 saturated heterocycles. The fourth-order valence-electron chi connectivity index (χ4n) is 5.15. The smallest absolute Gasteiger partial charge is 0.264 e. The molecule has 0 spiro atoms. The van der Waals surface area contributed by atoms with E-state index in [4.69, 9.17) is 16.3 Å². The first-order chi connectivity index (χ1) is 20.1. The number of ether oxygens (including phenoxy) is 1. The van der Waals surface area contributed by atoms with E-state index in [1.807, 2.05) is 6.92 Å². The molecule has 1 atom stereocenters. The Morgan fingerprint density at radius 3 is 2.29 bits per heavy atom. The van der Waals surface area contributed by atoms with Crippen molar-refractivity contribution in [3.63, 3.8) is 0 Å². The summed E-state index contributed by atoms with van der Waals surface area (Å²) in [5, 5.41) is 3.55. The Morgan fingerprint density at radius 2 is 1.62 bits per heavy atom. The summed E-state index contributed by atoms with van der Waals surface area (Å²) in [6, 6.07) is 19.3. The van der Waals surface area contributed by atoms with Crippen molar-refractivity contribution in [2.24, 2.45) is 0 Å². The third kappa shape index (κ3) is 7.44. The van der Waals surface area contributed by atoms with E-state index >= 15 is 0 Å². The molecular formula is C32H38ClN3O5S. The lowest BCUT2D eigenvalue weighted by atomic mass is 9.95. The molecule has 0 unspecified atom stereocenters. The van der Waals surface area contributed by atoms with Crippen molar-refractivity contribution >= 4 is 39.1 Å². The number of amides is 2. The highest BCUT2D eigenvalue weighted by Gasteiger charge is 2.34. The van der Waals surface area contributed by atoms with Crippen LogP contribution in [0.1, 0.15) is 50.2 Å². The third-order valence-corrected chi connectivity index (χ3v) is 9.80. The molecule has 10 heteroatoms. The third-order valence-electron chi connectivity index (χ3n) is 7.66. The lowest BCUT2D eigenvalue weighted by Gasteiger charge is -2.33. The zero-order valence-electron chi connectivity index (χ0n) is 24.3. The number of hydrogen-bond acceptors (Lipinski definition) is 5. The molecule has 0 radical (unpaired) electrons. The van der Waals surface area contributed by atoms with E-state index in [1.54, 1.807) is 67.6 Å². The number of carbonyl (C=O) groups excluding carboxylic acids is 2. The number of nitrogens with one attached hydrogen (secondary N) is 1. The van der Waals surface area contributed by atoms with Crippen LogP contribution in [0.4, 0.5) is 5.69 Å². The first-order valence-corrected chi connectivity index (χ1v) is 16.0. The van der Waals surface area contributed by atoms with Gasteiger partial charge in [0.25, 0.3) is 10.0 Å². The van der Waals surface area contributed by atoms with Gasteiger partial charge in [0.05, 0.1) is 17.7 Å². The highest BCUT2D eigenvalue weighted by atomic mass is 35.5. The van der Waals surface area contributed by atoms with Gasteiger partial charge in [0.2, 0.25) is 11.8 Å². The van der Waals surface area contributed by atoms with Crippen LogP contribution in [-0.2, 0) is 26.2 Å². The van der Waals surface area contributed by atoms with Gasteiger partial charge in [0, 0.05) is 17.6 Å². The molecule has 3 aromatic rings. The van der Waals surface area contributed by atoms with Crippen LogP contribution in [-0.4, -0.2) is 50.9 Å². The Hall–Kier alpha value is -3.56. The van der Waals surface area contributed by atoms with Crippen LogP contribution in [0.15, 0.2) is 77.7 Å². The maximum Gasteiger partial charge on any atom is 0.264 e. The summed E-state index contributed by atoms with van der Waals surface area (Å²) in [7, 11) is -2.76. The van der Waals surface area contributed by atoms with Gasteiger partial charge in [-0.2, -0.15) is 0 Å². The zero-order chi connectivity index (χ0) is 30.3. The van der Waals surface area contributed by atoms with Crippen LogP contribution in [0.25, 0.3) is 0 Å². The number of hydrogen-bond donors (Lipinski definition) is 1. The molecule has 224 valence electrons. The molecule has 0 aromatic heterocycles. The van der Waals surface area contributed by atoms with Gasteiger partial charge < -0.3 is 15.0 Å². The van der Waals surface area contributed by atoms with Gasteiger partial charge in [-0.05, 0) is 62.6 Å². The second kappa shape index (κ2) is 14.1. The molecule has 0 heterocycles. The summed E-state index contributed by atoms with van der Waals surface area (Å²) >= 11 is 6.46. The summed E-state index contributed by atoms with van der Waals surface area (Å²) in [6.07, 6.45) is 5.03. The van der Waals surface area contributed by atoms with Crippen molar-refractivity contribution in [1.29, 1.82) is 0 Å². The van der Waals surface area contributed by atoms with E-state index in [-0.39, 0.29) is 29.1 Å². The Bertz CT molecular complexity index is 1490. The maximum atomic E-state index is 14.2. The van der Waals surface area contributed by atoms with E-state index < -0.39 is 28.5 Å². The van der Waals surface area contributed by atoms with Gasteiger partial charge in [0.15, 0.2) is 0 Å². The molecule has 1 fully saturated rings. The molecule has 8 nitrogen and oxygen atoms in total. The van der Waals surface area contributed by atoms with Crippen LogP contribution < -0.4 is 14.4 Å². The highest BCUT2D eigenvalue weighted by molar-refractivity contribution is 7.92. The normalized spacial score (nSPS) is 14.6. The molecule has 1 aliphatic rings. The minimum Gasteiger partial charge on any atom is -0.495 e. The lowest BCUT2D eigenvalue weighted by Crippen LogP contribution is -2.53. The van der Waals surface area contributed by atoms with Crippen LogP contribution in [0.3, 0.4) is 0 Å². The van der Waals surface area contributed by atoms with Crippen LogP contribution in [0.5, 0.6) is 5.75 Å². The van der Waals surface area contributed by atoms with E-state index in [9.17, 15) is 18.0 Å². The quantitative estimate of drug-likeness (QED) is 0.299.